The molecule has 0 aliphatic heterocycles. The molecule has 1 aromatic carbocycles. The van der Waals surface area contributed by atoms with E-state index in [1.54, 1.807) is 0 Å². The first-order valence-corrected chi connectivity index (χ1v) is 5.94. The molecule has 0 aliphatic carbocycles. The van der Waals surface area contributed by atoms with Gasteiger partial charge >= 0.3 is 0 Å². The Labute approximate surface area is 104 Å². The summed E-state index contributed by atoms with van der Waals surface area (Å²) in [6.07, 6.45) is 1.91. The topological polar surface area (TPSA) is 24.9 Å². The molecule has 0 atom stereocenters. The summed E-state index contributed by atoms with van der Waals surface area (Å²) in [5.74, 6) is 0. The van der Waals surface area contributed by atoms with E-state index in [2.05, 4.69) is 44.4 Å². The molecule has 1 aromatic heterocycles. The number of aromatic nitrogens is 1. The first kappa shape index (κ1) is 11.3. The van der Waals surface area contributed by atoms with Crippen molar-refractivity contribution in [2.24, 2.45) is 0 Å². The van der Waals surface area contributed by atoms with Gasteiger partial charge in [0.25, 0.3) is 0 Å². The van der Waals surface area contributed by atoms with Gasteiger partial charge in [-0.05, 0) is 30.8 Å². The fourth-order valence-corrected chi connectivity index (χ4v) is 1.79. The summed E-state index contributed by atoms with van der Waals surface area (Å²) >= 11 is 3.43. The molecule has 0 bridgehead atoms. The van der Waals surface area contributed by atoms with Gasteiger partial charge in [-0.15, -0.1) is 0 Å². The maximum Gasteiger partial charge on any atom is 0.0542 e. The monoisotopic (exact) mass is 276 g/mol. The van der Waals surface area contributed by atoms with Crippen molar-refractivity contribution in [3.05, 3.63) is 52.8 Å². The summed E-state index contributed by atoms with van der Waals surface area (Å²) in [5.41, 5.74) is 3.39. The number of hydrogen-bond acceptors (Lipinski definition) is 2. The molecule has 0 amide bonds. The third-order valence-electron chi connectivity index (χ3n) is 2.36. The highest BCUT2D eigenvalue weighted by Gasteiger charge is 1.98. The summed E-state index contributed by atoms with van der Waals surface area (Å²) in [7, 11) is 1.92. The first-order chi connectivity index (χ1) is 7.79. The molecule has 0 saturated heterocycles. The Morgan fingerprint density at radius 3 is 2.31 bits per heavy atom. The highest BCUT2D eigenvalue weighted by Crippen LogP contribution is 2.20. The third-order valence-corrected chi connectivity index (χ3v) is 2.89. The van der Waals surface area contributed by atoms with Gasteiger partial charge in [-0.1, -0.05) is 34.1 Å². The minimum Gasteiger partial charge on any atom is -0.314 e. The quantitative estimate of drug-likeness (QED) is 0.931. The van der Waals surface area contributed by atoms with Gasteiger partial charge in [-0.3, -0.25) is 4.98 Å². The van der Waals surface area contributed by atoms with E-state index < -0.39 is 0 Å². The van der Waals surface area contributed by atoms with Crippen LogP contribution in [-0.4, -0.2) is 12.0 Å². The molecule has 2 aromatic rings. The standard InChI is InChI=1S/C13H13BrN2/c1-15-9-13-7-4-11(8-16-13)10-2-5-12(14)6-3-10/h2-8,15H,9H2,1H3. The van der Waals surface area contributed by atoms with Crippen LogP contribution in [0.15, 0.2) is 47.1 Å². The zero-order valence-electron chi connectivity index (χ0n) is 9.07. The molecular formula is C13H13BrN2. The van der Waals surface area contributed by atoms with Crippen LogP contribution in [0, 0.1) is 0 Å². The number of benzene rings is 1. The van der Waals surface area contributed by atoms with Crippen LogP contribution >= 0.6 is 15.9 Å². The third kappa shape index (κ3) is 2.68. The van der Waals surface area contributed by atoms with E-state index in [1.807, 2.05) is 31.4 Å². The van der Waals surface area contributed by atoms with Gasteiger partial charge in [0.05, 0.1) is 5.69 Å². The van der Waals surface area contributed by atoms with Crippen molar-refractivity contribution in [2.75, 3.05) is 7.05 Å². The fourth-order valence-electron chi connectivity index (χ4n) is 1.52. The first-order valence-electron chi connectivity index (χ1n) is 5.15. The zero-order valence-corrected chi connectivity index (χ0v) is 10.7. The van der Waals surface area contributed by atoms with Crippen LogP contribution < -0.4 is 5.32 Å². The second kappa shape index (κ2) is 5.23. The fraction of sp³-hybridized carbons (Fsp3) is 0.154. The molecule has 0 fully saturated rings. The highest BCUT2D eigenvalue weighted by atomic mass is 79.9. The van der Waals surface area contributed by atoms with Crippen molar-refractivity contribution in [3.8, 4) is 11.1 Å². The van der Waals surface area contributed by atoms with Gasteiger partial charge in [0.15, 0.2) is 0 Å². The van der Waals surface area contributed by atoms with E-state index in [0.29, 0.717) is 0 Å². The molecule has 0 spiro atoms. The van der Waals surface area contributed by atoms with Crippen LogP contribution in [0.1, 0.15) is 5.69 Å². The lowest BCUT2D eigenvalue weighted by Gasteiger charge is -2.03. The van der Waals surface area contributed by atoms with Crippen LogP contribution in [0.2, 0.25) is 0 Å². The second-order valence-electron chi connectivity index (χ2n) is 3.58. The van der Waals surface area contributed by atoms with E-state index in [9.17, 15) is 0 Å². The summed E-state index contributed by atoms with van der Waals surface area (Å²) in [6.45, 7) is 0.806. The Bertz CT molecular complexity index is 448. The number of rotatable bonds is 3. The predicted octanol–water partition coefficient (Wildman–Crippen LogP) is 3.23. The number of pyridine rings is 1. The summed E-state index contributed by atoms with van der Waals surface area (Å²) < 4.78 is 1.09. The van der Waals surface area contributed by atoms with Gasteiger partial charge in [0.2, 0.25) is 0 Å². The molecule has 16 heavy (non-hydrogen) atoms. The number of halogens is 1. The molecule has 0 radical (unpaired) electrons. The Morgan fingerprint density at radius 1 is 1.06 bits per heavy atom. The SMILES string of the molecule is CNCc1ccc(-c2ccc(Br)cc2)cn1. The lowest BCUT2D eigenvalue weighted by atomic mass is 10.1. The summed E-state index contributed by atoms with van der Waals surface area (Å²) in [5, 5.41) is 3.08. The Kier molecular flexibility index (Phi) is 3.70. The average Bonchev–Trinajstić information content (AvgIpc) is 2.32. The van der Waals surface area contributed by atoms with Gasteiger partial charge in [-0.2, -0.15) is 0 Å². The molecule has 1 heterocycles. The molecule has 2 nitrogen and oxygen atoms in total. The Hall–Kier alpha value is -1.19. The van der Waals surface area contributed by atoms with Crippen molar-refractivity contribution in [1.29, 1.82) is 0 Å². The highest BCUT2D eigenvalue weighted by molar-refractivity contribution is 9.10. The normalized spacial score (nSPS) is 10.4. The molecule has 0 saturated carbocycles. The predicted molar refractivity (Wildman–Crippen MR) is 70.1 cm³/mol. The molecule has 3 heteroatoms. The van der Waals surface area contributed by atoms with Crippen LogP contribution in [-0.2, 0) is 6.54 Å². The zero-order chi connectivity index (χ0) is 11.4. The molecule has 2 rings (SSSR count). The largest absolute Gasteiger partial charge is 0.314 e. The summed E-state index contributed by atoms with van der Waals surface area (Å²) in [4.78, 5) is 4.39. The van der Waals surface area contributed by atoms with Crippen molar-refractivity contribution in [1.82, 2.24) is 10.3 Å². The van der Waals surface area contributed by atoms with Crippen molar-refractivity contribution in [3.63, 3.8) is 0 Å². The smallest absolute Gasteiger partial charge is 0.0542 e. The molecule has 82 valence electrons. The van der Waals surface area contributed by atoms with Crippen LogP contribution in [0.3, 0.4) is 0 Å². The lowest BCUT2D eigenvalue weighted by Crippen LogP contribution is -2.06. The minimum atomic E-state index is 0.806. The van der Waals surface area contributed by atoms with Crippen LogP contribution in [0.5, 0.6) is 0 Å². The van der Waals surface area contributed by atoms with E-state index in [0.717, 1.165) is 22.3 Å². The molecule has 0 unspecified atom stereocenters. The van der Waals surface area contributed by atoms with Gasteiger partial charge in [-0.25, -0.2) is 0 Å². The van der Waals surface area contributed by atoms with Gasteiger partial charge < -0.3 is 5.32 Å². The molecule has 1 N–H and O–H groups in total. The Morgan fingerprint density at radius 2 is 1.75 bits per heavy atom. The van der Waals surface area contributed by atoms with Crippen LogP contribution in [0.25, 0.3) is 11.1 Å². The lowest BCUT2D eigenvalue weighted by molar-refractivity contribution is 0.791. The number of hydrogen-bond donors (Lipinski definition) is 1. The van der Waals surface area contributed by atoms with Crippen molar-refractivity contribution < 1.29 is 0 Å². The maximum absolute atomic E-state index is 4.39. The van der Waals surface area contributed by atoms with Gasteiger partial charge in [0.1, 0.15) is 0 Å². The maximum atomic E-state index is 4.39. The Balaban J connectivity index is 2.24. The van der Waals surface area contributed by atoms with Crippen LogP contribution in [0.4, 0.5) is 0 Å². The van der Waals surface area contributed by atoms with E-state index in [1.165, 1.54) is 5.56 Å². The van der Waals surface area contributed by atoms with Gasteiger partial charge in [0, 0.05) is 22.8 Å². The minimum absolute atomic E-state index is 0.806. The number of nitrogens with zero attached hydrogens (tertiary/aromatic N) is 1. The van der Waals surface area contributed by atoms with Crippen molar-refractivity contribution in [2.45, 2.75) is 6.54 Å². The molecule has 0 aliphatic rings. The average molecular weight is 277 g/mol. The van der Waals surface area contributed by atoms with E-state index >= 15 is 0 Å². The number of nitrogens with one attached hydrogen (secondary N) is 1. The summed E-state index contributed by atoms with van der Waals surface area (Å²) in [6, 6.07) is 12.4. The molecular weight excluding hydrogens is 264 g/mol. The second-order valence-corrected chi connectivity index (χ2v) is 4.49. The van der Waals surface area contributed by atoms with E-state index in [4.69, 9.17) is 0 Å². The van der Waals surface area contributed by atoms with Crippen molar-refractivity contribution >= 4 is 15.9 Å². The van der Waals surface area contributed by atoms with E-state index in [-0.39, 0.29) is 0 Å².